The molecule has 0 saturated carbocycles. The van der Waals surface area contributed by atoms with Gasteiger partial charge in [0.1, 0.15) is 29.8 Å². The highest BCUT2D eigenvalue weighted by Crippen LogP contribution is 2.51. The quantitative estimate of drug-likeness (QED) is 0.0708. The molecule has 5 aromatic rings. The molecule has 5 N–H and O–H groups in total. The van der Waals surface area contributed by atoms with Gasteiger partial charge < -0.3 is 28.7 Å². The number of aliphatic hydroxyl groups is 1. The van der Waals surface area contributed by atoms with Crippen LogP contribution in [0.5, 0.6) is 11.5 Å². The van der Waals surface area contributed by atoms with Gasteiger partial charge in [0.05, 0.1) is 30.8 Å². The van der Waals surface area contributed by atoms with Gasteiger partial charge in [-0.3, -0.25) is 34.3 Å². The van der Waals surface area contributed by atoms with E-state index in [2.05, 4.69) is 4.98 Å². The molecule has 58 heavy (non-hydrogen) atoms. The summed E-state index contributed by atoms with van der Waals surface area (Å²) in [6.45, 7) is 3.97. The maximum absolute atomic E-state index is 14.1. The minimum absolute atomic E-state index is 0.114. The van der Waals surface area contributed by atoms with Crippen molar-refractivity contribution in [2.75, 3.05) is 14.2 Å². The zero-order chi connectivity index (χ0) is 41.3. The maximum atomic E-state index is 14.1. The molecule has 15 nitrogen and oxygen atoms in total. The Balaban J connectivity index is 1.42. The van der Waals surface area contributed by atoms with Gasteiger partial charge in [0.2, 0.25) is 0 Å². The van der Waals surface area contributed by atoms with Crippen LogP contribution in [0.2, 0.25) is 0 Å². The van der Waals surface area contributed by atoms with Gasteiger partial charge in [0.15, 0.2) is 12.3 Å². The minimum Gasteiger partial charge on any atom is -0.497 e. The molecule has 16 heteroatoms. The number of nitrogens with two attached hydrogens (primary N) is 1. The van der Waals surface area contributed by atoms with E-state index in [-0.39, 0.29) is 17.0 Å². The number of carbonyl (C=O) groups excluding carboxylic acids is 2. The normalized spacial score (nSPS) is 20.3. The molecular weight excluding hydrogens is 767 g/mol. The second kappa shape index (κ2) is 16.8. The molecule has 1 saturated heterocycles. The number of fused-ring (bicyclic) bond motifs is 1. The molecule has 6 atom stereocenters. The average Bonchev–Trinajstić information content (AvgIpc) is 3.66. The van der Waals surface area contributed by atoms with E-state index >= 15 is 0 Å². The summed E-state index contributed by atoms with van der Waals surface area (Å²) < 4.78 is 24.9. The van der Waals surface area contributed by atoms with Crippen LogP contribution in [-0.2, 0) is 25.9 Å². The number of amides is 2. The highest BCUT2D eigenvalue weighted by atomic mass is 31.2. The molecule has 0 spiro atoms. The van der Waals surface area contributed by atoms with Crippen molar-refractivity contribution in [1.82, 2.24) is 14.6 Å². The van der Waals surface area contributed by atoms with Crippen LogP contribution in [0.3, 0.4) is 0 Å². The summed E-state index contributed by atoms with van der Waals surface area (Å²) in [5.41, 5.74) is 5.71. The van der Waals surface area contributed by atoms with Crippen LogP contribution in [0.25, 0.3) is 0 Å². The number of aromatic nitrogens is 2. The second-order valence-electron chi connectivity index (χ2n) is 14.4. The van der Waals surface area contributed by atoms with Gasteiger partial charge in [-0.15, -0.1) is 5.06 Å². The molecule has 3 heterocycles. The van der Waals surface area contributed by atoms with E-state index in [1.165, 1.54) is 20.3 Å². The SMILES string of the molecule is COc1ccc(C(c2ccccc2)(c2ccc(OC)cc2)C(OP(N)O)[C@H]2O[C@@H](n3ccc(=O)[nH]c3=O)[C@H](ON3C(=O)c4cccc(CC(C)C)c4C3=O)[C@@H]2O)cc1. The van der Waals surface area contributed by atoms with E-state index in [4.69, 9.17) is 29.1 Å². The van der Waals surface area contributed by atoms with Crippen molar-refractivity contribution in [3.05, 3.63) is 164 Å². The van der Waals surface area contributed by atoms with Crippen molar-refractivity contribution in [3.8, 4) is 11.5 Å². The Hall–Kier alpha value is -5.51. The maximum Gasteiger partial charge on any atom is 0.330 e. The number of hydrogen-bond donors (Lipinski definition) is 4. The number of nitrogens with zero attached hydrogens (tertiary/aromatic N) is 2. The minimum atomic E-state index is -2.71. The van der Waals surface area contributed by atoms with Crippen molar-refractivity contribution >= 4 is 20.3 Å². The van der Waals surface area contributed by atoms with Gasteiger partial charge in [-0.1, -0.05) is 80.6 Å². The van der Waals surface area contributed by atoms with E-state index in [1.807, 2.05) is 44.2 Å². The standard InChI is InChI=1S/C42H43N4O11P/c1-24(2)23-25-9-8-12-31-33(25)39(50)46(38(31)49)56-36-34(48)35(55-40(36)45-22-21-32(47)44-41(45)51)37(57-58(43)52)42(26-10-6-5-7-11-26,27-13-17-29(53-3)18-14-27)28-15-19-30(54-4)20-16-28/h5-22,24,34-37,40,48,52H,23,43H2,1-4H3,(H,44,47,51)/t34-,35+,36-,37?,40-,58?/m1/s1. The summed E-state index contributed by atoms with van der Waals surface area (Å²) in [6.07, 6.45) is -6.38. The lowest BCUT2D eigenvalue weighted by atomic mass is 9.64. The number of aromatic amines is 1. The van der Waals surface area contributed by atoms with Crippen molar-refractivity contribution in [2.24, 2.45) is 11.4 Å². The lowest BCUT2D eigenvalue weighted by molar-refractivity contribution is -0.178. The van der Waals surface area contributed by atoms with E-state index in [1.54, 1.807) is 60.7 Å². The summed E-state index contributed by atoms with van der Waals surface area (Å²) in [5.74, 6) is -0.297. The largest absolute Gasteiger partial charge is 0.497 e. The second-order valence-corrected chi connectivity index (χ2v) is 15.2. The number of aliphatic hydroxyl groups excluding tert-OH is 1. The number of carbonyl (C=O) groups is 2. The lowest BCUT2D eigenvalue weighted by Crippen LogP contribution is -2.54. The zero-order valence-corrected chi connectivity index (χ0v) is 32.9. The molecule has 1 fully saturated rings. The van der Waals surface area contributed by atoms with Gasteiger partial charge in [-0.2, -0.15) is 0 Å². The third-order valence-corrected chi connectivity index (χ3v) is 10.9. The van der Waals surface area contributed by atoms with E-state index < -0.39 is 67.6 Å². The molecule has 2 amide bonds. The Kier molecular flexibility index (Phi) is 11.8. The predicted molar refractivity (Wildman–Crippen MR) is 212 cm³/mol. The summed E-state index contributed by atoms with van der Waals surface area (Å²) in [6, 6.07) is 29.4. The van der Waals surface area contributed by atoms with Crippen LogP contribution in [0.15, 0.2) is 119 Å². The highest BCUT2D eigenvalue weighted by Gasteiger charge is 2.59. The molecule has 4 aromatic carbocycles. The smallest absolute Gasteiger partial charge is 0.330 e. The predicted octanol–water partition coefficient (Wildman–Crippen LogP) is 4.20. The first-order chi connectivity index (χ1) is 27.9. The van der Waals surface area contributed by atoms with E-state index in [0.717, 1.165) is 16.8 Å². The number of imide groups is 1. The Morgan fingerprint density at radius 1 is 0.828 bits per heavy atom. The number of rotatable bonds is 14. The Bertz CT molecular complexity index is 2340. The third kappa shape index (κ3) is 7.38. The van der Waals surface area contributed by atoms with Crippen LogP contribution < -0.4 is 26.2 Å². The summed E-state index contributed by atoms with van der Waals surface area (Å²) >= 11 is 0. The molecule has 0 bridgehead atoms. The van der Waals surface area contributed by atoms with E-state index in [0.29, 0.717) is 45.2 Å². The van der Waals surface area contributed by atoms with Crippen molar-refractivity contribution < 1.29 is 43.2 Å². The van der Waals surface area contributed by atoms with Gasteiger partial charge in [0, 0.05) is 12.3 Å². The summed E-state index contributed by atoms with van der Waals surface area (Å²) in [5, 5.41) is 13.1. The van der Waals surface area contributed by atoms with Gasteiger partial charge in [-0.05, 0) is 64.9 Å². The monoisotopic (exact) mass is 810 g/mol. The number of H-pyrrole nitrogens is 1. The van der Waals surface area contributed by atoms with Crippen LogP contribution in [0, 0.1) is 5.92 Å². The third-order valence-electron chi connectivity index (χ3n) is 10.5. The van der Waals surface area contributed by atoms with Crippen molar-refractivity contribution in [2.45, 2.75) is 56.3 Å². The molecule has 1 aromatic heterocycles. The molecule has 2 aliphatic heterocycles. The number of hydrogen-bond acceptors (Lipinski definition) is 12. The van der Waals surface area contributed by atoms with Gasteiger partial charge in [0.25, 0.3) is 25.9 Å². The first-order valence-corrected chi connectivity index (χ1v) is 19.7. The van der Waals surface area contributed by atoms with Crippen molar-refractivity contribution in [3.63, 3.8) is 0 Å². The zero-order valence-electron chi connectivity index (χ0n) is 32.1. The lowest BCUT2D eigenvalue weighted by Gasteiger charge is -2.45. The molecule has 2 aliphatic rings. The number of ether oxygens (including phenoxy) is 3. The van der Waals surface area contributed by atoms with Crippen LogP contribution >= 0.6 is 8.53 Å². The molecule has 0 radical (unpaired) electrons. The molecule has 2 unspecified atom stereocenters. The Morgan fingerprint density at radius 2 is 1.43 bits per heavy atom. The molecular formula is C42H43N4O11P. The summed E-state index contributed by atoms with van der Waals surface area (Å²) in [4.78, 5) is 73.0. The average molecular weight is 811 g/mol. The Morgan fingerprint density at radius 3 is 1.98 bits per heavy atom. The van der Waals surface area contributed by atoms with Gasteiger partial charge >= 0.3 is 5.69 Å². The van der Waals surface area contributed by atoms with Crippen LogP contribution in [-0.4, -0.2) is 75.1 Å². The van der Waals surface area contributed by atoms with Gasteiger partial charge in [-0.25, -0.2) is 4.79 Å². The number of hydroxylamine groups is 2. The molecule has 302 valence electrons. The highest BCUT2D eigenvalue weighted by molar-refractivity contribution is 7.43. The molecule has 0 aliphatic carbocycles. The van der Waals surface area contributed by atoms with E-state index in [9.17, 15) is 29.2 Å². The van der Waals surface area contributed by atoms with Crippen LogP contribution in [0.4, 0.5) is 0 Å². The number of benzene rings is 4. The fourth-order valence-electron chi connectivity index (χ4n) is 7.96. The van der Waals surface area contributed by atoms with Crippen LogP contribution in [0.1, 0.15) is 63.0 Å². The fourth-order valence-corrected chi connectivity index (χ4v) is 8.47. The topological polar surface area (TPSA) is 205 Å². The number of nitrogens with one attached hydrogen (secondary N) is 1. The number of methoxy groups -OCH3 is 2. The first-order valence-electron chi connectivity index (χ1n) is 18.5. The first kappa shape index (κ1) is 40.7. The summed E-state index contributed by atoms with van der Waals surface area (Å²) in [7, 11) is 0.354. The fraction of sp³-hybridized carbons (Fsp3) is 0.286. The Labute approximate surface area is 334 Å². The molecule has 7 rings (SSSR count). The van der Waals surface area contributed by atoms with Crippen molar-refractivity contribution in [1.29, 1.82) is 0 Å².